The Morgan fingerprint density at radius 3 is 2.25 bits per heavy atom. The Hall–Kier alpha value is -4.77. The SMILES string of the molecule is O=C1CC2C(O)Cc3c(O)cc(O)c4c3C2C2(Cc3cc(O)cc(=O)o3)C1=C(O)c1c(O)cc(O)cc1C2C4=O. The summed E-state index contributed by atoms with van der Waals surface area (Å²) < 4.78 is 5.35. The number of hydrogen-bond donors (Lipinski definition) is 7. The molecule has 11 heteroatoms. The average Bonchev–Trinajstić information content (AvgIpc) is 2.83. The van der Waals surface area contributed by atoms with Crippen molar-refractivity contribution in [1.29, 1.82) is 0 Å². The lowest BCUT2D eigenvalue weighted by atomic mass is 9.41. The predicted octanol–water partition coefficient (Wildman–Crippen LogP) is 2.25. The minimum Gasteiger partial charge on any atom is -0.508 e. The van der Waals surface area contributed by atoms with Crippen LogP contribution in [0.25, 0.3) is 5.76 Å². The number of aliphatic hydroxyl groups is 2. The summed E-state index contributed by atoms with van der Waals surface area (Å²) in [5, 5.41) is 75.9. The van der Waals surface area contributed by atoms with Gasteiger partial charge in [0.25, 0.3) is 0 Å². The first kappa shape index (κ1) is 24.3. The lowest BCUT2D eigenvalue weighted by Crippen LogP contribution is -2.59. The Morgan fingerprint density at radius 2 is 1.52 bits per heavy atom. The molecule has 0 bridgehead atoms. The number of benzene rings is 2. The van der Waals surface area contributed by atoms with E-state index in [1.807, 2.05) is 0 Å². The molecule has 1 fully saturated rings. The summed E-state index contributed by atoms with van der Waals surface area (Å²) in [7, 11) is 0. The predicted molar refractivity (Wildman–Crippen MR) is 135 cm³/mol. The number of carbonyl (C=O) groups is 2. The molecule has 0 radical (unpaired) electrons. The number of Topliss-reactive ketones (excluding diaryl/α,β-unsaturated/α-hetero) is 2. The van der Waals surface area contributed by atoms with Crippen LogP contribution in [0.2, 0.25) is 0 Å². The van der Waals surface area contributed by atoms with E-state index in [0.717, 1.165) is 24.3 Å². The van der Waals surface area contributed by atoms with Gasteiger partial charge in [-0.05, 0) is 17.2 Å². The molecule has 4 aliphatic carbocycles. The molecule has 0 amide bonds. The van der Waals surface area contributed by atoms with Gasteiger partial charge in [0.2, 0.25) is 0 Å². The second-order valence-corrected chi connectivity index (χ2v) is 11.0. The molecule has 0 saturated heterocycles. The first-order valence-corrected chi connectivity index (χ1v) is 12.6. The third-order valence-electron chi connectivity index (χ3n) is 9.01. The third-order valence-corrected chi connectivity index (χ3v) is 9.01. The van der Waals surface area contributed by atoms with Crippen molar-refractivity contribution in [3.8, 4) is 28.7 Å². The van der Waals surface area contributed by atoms with Gasteiger partial charge >= 0.3 is 5.63 Å². The second kappa shape index (κ2) is 7.66. The van der Waals surface area contributed by atoms with Crippen LogP contribution in [0.4, 0.5) is 0 Å². The normalized spacial score (nSPS) is 27.8. The maximum Gasteiger partial charge on any atom is 0.339 e. The molecule has 1 heterocycles. The number of fused-ring (bicyclic) bond motifs is 2. The van der Waals surface area contributed by atoms with E-state index in [9.17, 15) is 50.1 Å². The van der Waals surface area contributed by atoms with E-state index in [0.29, 0.717) is 0 Å². The molecule has 40 heavy (non-hydrogen) atoms. The number of ketones is 2. The monoisotopic (exact) mass is 546 g/mol. The van der Waals surface area contributed by atoms with Crippen molar-refractivity contribution in [3.05, 3.63) is 79.9 Å². The van der Waals surface area contributed by atoms with E-state index in [-0.39, 0.29) is 57.7 Å². The molecule has 7 N–H and O–H groups in total. The highest BCUT2D eigenvalue weighted by Gasteiger charge is 2.68. The smallest absolute Gasteiger partial charge is 0.339 e. The summed E-state index contributed by atoms with van der Waals surface area (Å²) >= 11 is 0. The third kappa shape index (κ3) is 2.84. The zero-order valence-corrected chi connectivity index (χ0v) is 20.6. The van der Waals surface area contributed by atoms with E-state index in [1.165, 1.54) is 6.07 Å². The number of rotatable bonds is 2. The fourth-order valence-electron chi connectivity index (χ4n) is 7.86. The average molecular weight is 546 g/mol. The fraction of sp³-hybridized carbons (Fsp3) is 0.276. The number of aliphatic hydroxyl groups excluding tert-OH is 2. The standard InChI is InChI=1S/C29H22O11/c30-9-1-11(40-20(37)4-9)8-29-24-13-6-19(36)26(29)27(38)21-14(2-10(31)3-17(21)34)25(29)28(39)23-18(35)7-16(33)12(22(23)24)5-15(13)32/h1-4,7,13,15,24-25,30-35,38H,5-6,8H2. The molecule has 5 unspecified atom stereocenters. The molecule has 3 aromatic rings. The van der Waals surface area contributed by atoms with Crippen LogP contribution >= 0.6 is 0 Å². The van der Waals surface area contributed by atoms with Crippen LogP contribution < -0.4 is 5.63 Å². The Bertz CT molecular complexity index is 1800. The Balaban J connectivity index is 1.68. The van der Waals surface area contributed by atoms with Gasteiger partial charge in [-0.25, -0.2) is 4.79 Å². The molecule has 0 aliphatic heterocycles. The first-order valence-electron chi connectivity index (χ1n) is 12.6. The summed E-state index contributed by atoms with van der Waals surface area (Å²) in [6.07, 6.45) is -1.95. The van der Waals surface area contributed by atoms with Gasteiger partial charge in [-0.15, -0.1) is 0 Å². The van der Waals surface area contributed by atoms with Crippen molar-refractivity contribution in [1.82, 2.24) is 0 Å². The van der Waals surface area contributed by atoms with Crippen molar-refractivity contribution < 1.29 is 49.8 Å². The summed E-state index contributed by atoms with van der Waals surface area (Å²) in [6.45, 7) is 0. The topological polar surface area (TPSA) is 206 Å². The maximum absolute atomic E-state index is 14.5. The molecule has 7 rings (SSSR count). The van der Waals surface area contributed by atoms with Gasteiger partial charge < -0.3 is 40.2 Å². The van der Waals surface area contributed by atoms with Gasteiger partial charge in [0.1, 0.15) is 40.3 Å². The largest absolute Gasteiger partial charge is 0.508 e. The van der Waals surface area contributed by atoms with E-state index >= 15 is 0 Å². The van der Waals surface area contributed by atoms with Crippen LogP contribution in [0.3, 0.4) is 0 Å². The fourth-order valence-corrected chi connectivity index (χ4v) is 7.86. The molecule has 204 valence electrons. The minimum absolute atomic E-state index is 0.0422. The molecule has 11 nitrogen and oxygen atoms in total. The van der Waals surface area contributed by atoms with Gasteiger partial charge in [-0.1, -0.05) is 0 Å². The molecular weight excluding hydrogens is 524 g/mol. The summed E-state index contributed by atoms with van der Waals surface area (Å²) in [6, 6.07) is 5.09. The molecular formula is C29H22O11. The number of aromatic hydroxyl groups is 5. The molecule has 0 spiro atoms. The lowest BCUT2D eigenvalue weighted by molar-refractivity contribution is -0.124. The van der Waals surface area contributed by atoms with E-state index in [1.54, 1.807) is 0 Å². The van der Waals surface area contributed by atoms with Crippen LogP contribution in [-0.4, -0.2) is 53.4 Å². The molecule has 5 atom stereocenters. The number of phenols is 4. The highest BCUT2D eigenvalue weighted by molar-refractivity contribution is 6.14. The van der Waals surface area contributed by atoms with E-state index in [4.69, 9.17) is 4.42 Å². The highest BCUT2D eigenvalue weighted by atomic mass is 16.4. The van der Waals surface area contributed by atoms with Crippen molar-refractivity contribution >= 4 is 17.3 Å². The number of allylic oxidation sites excluding steroid dienone is 1. The van der Waals surface area contributed by atoms with Gasteiger partial charge in [-0.3, -0.25) is 9.59 Å². The summed E-state index contributed by atoms with van der Waals surface area (Å²) in [5.41, 5.74) is -2.96. The van der Waals surface area contributed by atoms with Crippen LogP contribution in [-0.2, 0) is 17.6 Å². The van der Waals surface area contributed by atoms with E-state index < -0.39 is 81.6 Å². The zero-order chi connectivity index (χ0) is 28.4. The van der Waals surface area contributed by atoms with Crippen molar-refractivity contribution in [2.45, 2.75) is 37.2 Å². The quantitative estimate of drug-likeness (QED) is 0.248. The number of phenolic OH excluding ortho intramolecular Hbond substituents is 4. The molecule has 1 aromatic heterocycles. The van der Waals surface area contributed by atoms with Gasteiger partial charge in [0, 0.05) is 65.8 Å². The summed E-state index contributed by atoms with van der Waals surface area (Å²) in [4.78, 5) is 40.6. The minimum atomic E-state index is -1.78. The van der Waals surface area contributed by atoms with Crippen LogP contribution in [0, 0.1) is 11.3 Å². The van der Waals surface area contributed by atoms with Crippen molar-refractivity contribution in [3.63, 3.8) is 0 Å². The maximum atomic E-state index is 14.5. The number of hydrogen-bond acceptors (Lipinski definition) is 11. The van der Waals surface area contributed by atoms with Gasteiger partial charge in [0.15, 0.2) is 11.6 Å². The molecule has 1 saturated carbocycles. The van der Waals surface area contributed by atoms with Crippen molar-refractivity contribution in [2.75, 3.05) is 0 Å². The van der Waals surface area contributed by atoms with Crippen LogP contribution in [0.1, 0.15) is 56.6 Å². The second-order valence-electron chi connectivity index (χ2n) is 11.0. The zero-order valence-electron chi connectivity index (χ0n) is 20.6. The van der Waals surface area contributed by atoms with Crippen LogP contribution in [0.5, 0.6) is 28.7 Å². The lowest BCUT2D eigenvalue weighted by Gasteiger charge is -2.59. The highest BCUT2D eigenvalue weighted by Crippen LogP contribution is 2.71. The Kier molecular flexibility index (Phi) is 4.65. The molecule has 4 aliphatic rings. The summed E-state index contributed by atoms with van der Waals surface area (Å²) in [5.74, 6) is -7.75. The first-order chi connectivity index (χ1) is 18.9. The molecule has 2 aromatic carbocycles. The van der Waals surface area contributed by atoms with Crippen LogP contribution in [0.15, 0.2) is 45.1 Å². The number of carbonyl (C=O) groups excluding carboxylic acids is 2. The Morgan fingerprint density at radius 1 is 0.825 bits per heavy atom. The van der Waals surface area contributed by atoms with Gasteiger partial charge in [-0.2, -0.15) is 0 Å². The van der Waals surface area contributed by atoms with Gasteiger partial charge in [0.05, 0.1) is 29.2 Å². The Labute approximate surface area is 224 Å². The van der Waals surface area contributed by atoms with Crippen molar-refractivity contribution in [2.24, 2.45) is 11.3 Å². The van der Waals surface area contributed by atoms with E-state index in [2.05, 4.69) is 0 Å².